The second kappa shape index (κ2) is 6.60. The summed E-state index contributed by atoms with van der Waals surface area (Å²) >= 11 is 0. The molecule has 2 amide bonds. The van der Waals surface area contributed by atoms with E-state index in [2.05, 4.69) is 5.32 Å². The van der Waals surface area contributed by atoms with Crippen LogP contribution < -0.4 is 5.32 Å². The predicted octanol–water partition coefficient (Wildman–Crippen LogP) is 0.150. The van der Waals surface area contributed by atoms with Crippen molar-refractivity contribution >= 4 is 11.8 Å². The Kier molecular flexibility index (Phi) is 5.42. The standard InChI is InChI=1S/C11H20N2O3/c1-3-16-8-4-7-12-9-5-6-10(14)13(2)11(9)15/h9,12H,3-8H2,1-2H3. The Hall–Kier alpha value is -0.940. The Bertz CT molecular complexity index is 256. The van der Waals surface area contributed by atoms with Crippen molar-refractivity contribution in [2.75, 3.05) is 26.8 Å². The molecule has 0 bridgehead atoms. The van der Waals surface area contributed by atoms with Crippen LogP contribution >= 0.6 is 0 Å². The first-order valence-corrected chi connectivity index (χ1v) is 5.78. The summed E-state index contributed by atoms with van der Waals surface area (Å²) in [6, 6.07) is -0.204. The molecular weight excluding hydrogens is 208 g/mol. The number of imide groups is 1. The summed E-state index contributed by atoms with van der Waals surface area (Å²) in [6.07, 6.45) is 1.94. The highest BCUT2D eigenvalue weighted by Gasteiger charge is 2.30. The van der Waals surface area contributed by atoms with E-state index in [1.807, 2.05) is 6.92 Å². The summed E-state index contributed by atoms with van der Waals surface area (Å²) in [4.78, 5) is 24.1. The number of likely N-dealkylation sites (N-methyl/N-ethyl adjacent to an activating group) is 1. The van der Waals surface area contributed by atoms with Gasteiger partial charge in [-0.05, 0) is 26.3 Å². The maximum atomic E-state index is 11.7. The van der Waals surface area contributed by atoms with Gasteiger partial charge < -0.3 is 10.1 Å². The van der Waals surface area contributed by atoms with Crippen molar-refractivity contribution in [2.24, 2.45) is 0 Å². The summed E-state index contributed by atoms with van der Waals surface area (Å²) in [5, 5.41) is 3.16. The monoisotopic (exact) mass is 228 g/mol. The molecule has 0 aliphatic carbocycles. The van der Waals surface area contributed by atoms with Gasteiger partial charge in [0.25, 0.3) is 0 Å². The van der Waals surface area contributed by atoms with Gasteiger partial charge in [0.15, 0.2) is 0 Å². The number of amides is 2. The van der Waals surface area contributed by atoms with Crippen LogP contribution in [0.25, 0.3) is 0 Å². The highest BCUT2D eigenvalue weighted by molar-refractivity contribution is 6.00. The van der Waals surface area contributed by atoms with Crippen molar-refractivity contribution in [3.05, 3.63) is 0 Å². The highest BCUT2D eigenvalue weighted by Crippen LogP contribution is 2.11. The van der Waals surface area contributed by atoms with Crippen molar-refractivity contribution in [1.82, 2.24) is 10.2 Å². The van der Waals surface area contributed by atoms with Gasteiger partial charge in [0.2, 0.25) is 11.8 Å². The molecule has 0 aromatic carbocycles. The molecule has 0 saturated carbocycles. The quantitative estimate of drug-likeness (QED) is 0.519. The number of nitrogens with one attached hydrogen (secondary N) is 1. The SMILES string of the molecule is CCOCCCNC1CCC(=O)N(C)C1=O. The van der Waals surface area contributed by atoms with Crippen LogP contribution in [-0.2, 0) is 14.3 Å². The largest absolute Gasteiger partial charge is 0.382 e. The van der Waals surface area contributed by atoms with Crippen LogP contribution in [0.15, 0.2) is 0 Å². The number of nitrogens with zero attached hydrogens (tertiary/aromatic N) is 1. The van der Waals surface area contributed by atoms with Crippen molar-refractivity contribution < 1.29 is 14.3 Å². The van der Waals surface area contributed by atoms with Crippen LogP contribution in [0, 0.1) is 0 Å². The zero-order valence-electron chi connectivity index (χ0n) is 9.99. The molecule has 0 aromatic rings. The number of hydrogen-bond donors (Lipinski definition) is 1. The molecule has 1 N–H and O–H groups in total. The summed E-state index contributed by atoms with van der Waals surface area (Å²) in [5.74, 6) is -0.204. The van der Waals surface area contributed by atoms with Crippen LogP contribution in [0.3, 0.4) is 0 Å². The van der Waals surface area contributed by atoms with Crippen LogP contribution in [0.2, 0.25) is 0 Å². The topological polar surface area (TPSA) is 58.6 Å². The second-order valence-corrected chi connectivity index (χ2v) is 3.89. The van der Waals surface area contributed by atoms with Gasteiger partial charge in [0.1, 0.15) is 0 Å². The fourth-order valence-electron chi connectivity index (χ4n) is 1.70. The highest BCUT2D eigenvalue weighted by atomic mass is 16.5. The number of rotatable bonds is 6. The molecule has 1 fully saturated rings. The Morgan fingerprint density at radius 1 is 1.50 bits per heavy atom. The molecular formula is C11H20N2O3. The third kappa shape index (κ3) is 3.57. The first kappa shape index (κ1) is 13.1. The Balaban J connectivity index is 2.22. The smallest absolute Gasteiger partial charge is 0.246 e. The van der Waals surface area contributed by atoms with Crippen LogP contribution in [0.5, 0.6) is 0 Å². The lowest BCUT2D eigenvalue weighted by molar-refractivity contribution is -0.148. The average Bonchev–Trinajstić information content (AvgIpc) is 2.28. The van der Waals surface area contributed by atoms with Gasteiger partial charge in [-0.3, -0.25) is 14.5 Å². The number of hydrogen-bond acceptors (Lipinski definition) is 4. The van der Waals surface area contributed by atoms with Gasteiger partial charge in [0.05, 0.1) is 6.04 Å². The molecule has 16 heavy (non-hydrogen) atoms. The van der Waals surface area contributed by atoms with Crippen LogP contribution in [0.4, 0.5) is 0 Å². The van der Waals surface area contributed by atoms with E-state index in [-0.39, 0.29) is 17.9 Å². The second-order valence-electron chi connectivity index (χ2n) is 3.89. The zero-order valence-corrected chi connectivity index (χ0v) is 9.99. The number of carbonyl (C=O) groups excluding carboxylic acids is 2. The van der Waals surface area contributed by atoms with E-state index in [0.717, 1.165) is 19.6 Å². The maximum Gasteiger partial charge on any atom is 0.246 e. The van der Waals surface area contributed by atoms with Gasteiger partial charge in [-0.1, -0.05) is 0 Å². The summed E-state index contributed by atoms with van der Waals surface area (Å²) < 4.78 is 5.20. The van der Waals surface area contributed by atoms with E-state index in [0.29, 0.717) is 19.4 Å². The molecule has 1 saturated heterocycles. The van der Waals surface area contributed by atoms with E-state index in [1.165, 1.54) is 4.90 Å². The zero-order chi connectivity index (χ0) is 12.0. The van der Waals surface area contributed by atoms with E-state index in [4.69, 9.17) is 4.74 Å². The lowest BCUT2D eigenvalue weighted by Crippen LogP contribution is -2.51. The minimum atomic E-state index is -0.204. The van der Waals surface area contributed by atoms with E-state index in [1.54, 1.807) is 7.05 Å². The molecule has 5 heteroatoms. The van der Waals surface area contributed by atoms with Gasteiger partial charge >= 0.3 is 0 Å². The van der Waals surface area contributed by atoms with Gasteiger partial charge in [-0.2, -0.15) is 0 Å². The van der Waals surface area contributed by atoms with Crippen molar-refractivity contribution in [3.8, 4) is 0 Å². The minimum Gasteiger partial charge on any atom is -0.382 e. The fourth-order valence-corrected chi connectivity index (χ4v) is 1.70. The summed E-state index contributed by atoms with van der Waals surface area (Å²) in [5.41, 5.74) is 0. The molecule has 0 radical (unpaired) electrons. The Morgan fingerprint density at radius 2 is 2.25 bits per heavy atom. The molecule has 1 aliphatic heterocycles. The van der Waals surface area contributed by atoms with Crippen LogP contribution in [-0.4, -0.2) is 49.6 Å². The third-order valence-corrected chi connectivity index (χ3v) is 2.71. The molecule has 92 valence electrons. The molecule has 1 atom stereocenters. The van der Waals surface area contributed by atoms with E-state index in [9.17, 15) is 9.59 Å². The molecule has 1 heterocycles. The Morgan fingerprint density at radius 3 is 2.94 bits per heavy atom. The number of ether oxygens (including phenoxy) is 1. The minimum absolute atomic E-state index is 0.0858. The lowest BCUT2D eigenvalue weighted by Gasteiger charge is -2.28. The molecule has 0 spiro atoms. The Labute approximate surface area is 96.1 Å². The van der Waals surface area contributed by atoms with Gasteiger partial charge in [-0.25, -0.2) is 0 Å². The molecule has 0 aromatic heterocycles. The molecule has 1 rings (SSSR count). The molecule has 1 unspecified atom stereocenters. The van der Waals surface area contributed by atoms with Crippen LogP contribution in [0.1, 0.15) is 26.2 Å². The van der Waals surface area contributed by atoms with Crippen molar-refractivity contribution in [3.63, 3.8) is 0 Å². The van der Waals surface area contributed by atoms with E-state index >= 15 is 0 Å². The average molecular weight is 228 g/mol. The van der Waals surface area contributed by atoms with Gasteiger partial charge in [0, 0.05) is 26.7 Å². The number of piperidine rings is 1. The van der Waals surface area contributed by atoms with E-state index < -0.39 is 0 Å². The number of likely N-dealkylation sites (tertiary alicyclic amines) is 1. The normalized spacial score (nSPS) is 21.6. The molecule has 1 aliphatic rings. The maximum absolute atomic E-state index is 11.7. The summed E-state index contributed by atoms with van der Waals surface area (Å²) in [7, 11) is 1.54. The summed E-state index contributed by atoms with van der Waals surface area (Å²) in [6.45, 7) is 4.13. The first-order valence-electron chi connectivity index (χ1n) is 5.78. The van der Waals surface area contributed by atoms with Gasteiger partial charge in [-0.15, -0.1) is 0 Å². The fraction of sp³-hybridized carbons (Fsp3) is 0.818. The molecule has 5 nitrogen and oxygen atoms in total. The van der Waals surface area contributed by atoms with Crippen molar-refractivity contribution in [2.45, 2.75) is 32.2 Å². The number of carbonyl (C=O) groups is 2. The lowest BCUT2D eigenvalue weighted by atomic mass is 10.0. The third-order valence-electron chi connectivity index (χ3n) is 2.71. The van der Waals surface area contributed by atoms with Crippen molar-refractivity contribution in [1.29, 1.82) is 0 Å². The first-order chi connectivity index (χ1) is 7.66. The predicted molar refractivity (Wildman–Crippen MR) is 59.9 cm³/mol.